The maximum Gasteiger partial charge on any atom is 0.274 e. The van der Waals surface area contributed by atoms with Crippen molar-refractivity contribution < 1.29 is 13.6 Å². The van der Waals surface area contributed by atoms with E-state index in [1.54, 1.807) is 0 Å². The number of nitrogens with zero attached hydrogens (tertiary/aromatic N) is 2. The number of halogens is 2. The second-order valence-corrected chi connectivity index (χ2v) is 5.19. The molecule has 0 spiro atoms. The second-order valence-electron chi connectivity index (χ2n) is 5.19. The summed E-state index contributed by atoms with van der Waals surface area (Å²) in [4.78, 5) is 17.0. The van der Waals surface area contributed by atoms with Crippen LogP contribution in [0.3, 0.4) is 0 Å². The van der Waals surface area contributed by atoms with Gasteiger partial charge in [-0.1, -0.05) is 13.3 Å². The Morgan fingerprint density at radius 1 is 1.13 bits per heavy atom. The van der Waals surface area contributed by atoms with Crippen LogP contribution in [0.4, 0.5) is 14.5 Å². The van der Waals surface area contributed by atoms with Gasteiger partial charge >= 0.3 is 0 Å². The lowest BCUT2D eigenvalue weighted by atomic mass is 10.2. The van der Waals surface area contributed by atoms with Crippen LogP contribution in [0.2, 0.25) is 0 Å². The maximum absolute atomic E-state index is 13.5. The number of benzene rings is 1. The highest BCUT2D eigenvalue weighted by molar-refractivity contribution is 6.04. The summed E-state index contributed by atoms with van der Waals surface area (Å²) in [5.74, 6) is -1.24. The standard InChI is InChI=1S/C17H15F2N3O/c1-2-3-14-16(22-10-12(19)6-9-15(22)21-14)17(23)20-13-7-4-11(18)5-8-13/h4-10H,2-3H2,1H3,(H,20,23). The van der Waals surface area contributed by atoms with E-state index in [0.717, 1.165) is 6.42 Å². The molecule has 23 heavy (non-hydrogen) atoms. The van der Waals surface area contributed by atoms with Crippen LogP contribution in [-0.2, 0) is 6.42 Å². The molecule has 1 amide bonds. The Morgan fingerprint density at radius 2 is 1.83 bits per heavy atom. The van der Waals surface area contributed by atoms with Gasteiger partial charge in [0.25, 0.3) is 5.91 Å². The van der Waals surface area contributed by atoms with Crippen LogP contribution in [0.25, 0.3) is 5.65 Å². The molecule has 3 aromatic rings. The molecular weight excluding hydrogens is 300 g/mol. The van der Waals surface area contributed by atoms with Crippen molar-refractivity contribution in [1.29, 1.82) is 0 Å². The van der Waals surface area contributed by atoms with Gasteiger partial charge in [0.1, 0.15) is 23.0 Å². The zero-order valence-electron chi connectivity index (χ0n) is 12.5. The van der Waals surface area contributed by atoms with Gasteiger partial charge < -0.3 is 5.32 Å². The third-order valence-electron chi connectivity index (χ3n) is 3.46. The Kier molecular flexibility index (Phi) is 4.06. The van der Waals surface area contributed by atoms with E-state index < -0.39 is 11.7 Å². The van der Waals surface area contributed by atoms with E-state index in [0.29, 0.717) is 29.1 Å². The van der Waals surface area contributed by atoms with E-state index in [4.69, 9.17) is 0 Å². The molecule has 0 aliphatic heterocycles. The van der Waals surface area contributed by atoms with E-state index in [2.05, 4.69) is 10.3 Å². The van der Waals surface area contributed by atoms with Gasteiger partial charge in [0.15, 0.2) is 0 Å². The number of anilines is 1. The number of carbonyl (C=O) groups excluding carboxylic acids is 1. The summed E-state index contributed by atoms with van der Waals surface area (Å²) in [6.45, 7) is 1.98. The summed E-state index contributed by atoms with van der Waals surface area (Å²) in [7, 11) is 0. The summed E-state index contributed by atoms with van der Waals surface area (Å²) < 4.78 is 27.9. The van der Waals surface area contributed by atoms with Crippen LogP contribution in [0.5, 0.6) is 0 Å². The first-order valence-corrected chi connectivity index (χ1v) is 7.32. The monoisotopic (exact) mass is 315 g/mol. The zero-order chi connectivity index (χ0) is 16.4. The Balaban J connectivity index is 2.02. The topological polar surface area (TPSA) is 46.4 Å². The van der Waals surface area contributed by atoms with Crippen molar-refractivity contribution in [2.75, 3.05) is 5.32 Å². The number of imidazole rings is 1. The fraction of sp³-hybridized carbons (Fsp3) is 0.176. The van der Waals surface area contributed by atoms with Gasteiger partial charge in [0.2, 0.25) is 0 Å². The number of fused-ring (bicyclic) bond motifs is 1. The SMILES string of the molecule is CCCc1nc2ccc(F)cn2c1C(=O)Nc1ccc(F)cc1. The molecule has 0 fully saturated rings. The summed E-state index contributed by atoms with van der Waals surface area (Å²) in [6, 6.07) is 8.30. The minimum atomic E-state index is -0.450. The molecule has 2 aromatic heterocycles. The molecule has 0 radical (unpaired) electrons. The number of hydrogen-bond donors (Lipinski definition) is 1. The smallest absolute Gasteiger partial charge is 0.274 e. The first-order chi connectivity index (χ1) is 11.1. The minimum absolute atomic E-state index is 0.297. The molecular formula is C17H15F2N3O. The van der Waals surface area contributed by atoms with E-state index in [1.165, 1.54) is 47.0 Å². The Hall–Kier alpha value is -2.76. The lowest BCUT2D eigenvalue weighted by molar-refractivity contribution is 0.102. The number of hydrogen-bond acceptors (Lipinski definition) is 2. The van der Waals surface area contributed by atoms with E-state index >= 15 is 0 Å². The molecule has 3 rings (SSSR count). The Labute approximate surface area is 131 Å². The fourth-order valence-electron chi connectivity index (χ4n) is 2.44. The predicted molar refractivity (Wildman–Crippen MR) is 83.5 cm³/mol. The number of aromatic nitrogens is 2. The summed E-state index contributed by atoms with van der Waals surface area (Å²) in [6.07, 6.45) is 2.65. The average molecular weight is 315 g/mol. The molecule has 0 saturated heterocycles. The lowest BCUT2D eigenvalue weighted by Gasteiger charge is -2.07. The zero-order valence-corrected chi connectivity index (χ0v) is 12.5. The third-order valence-corrected chi connectivity index (χ3v) is 3.46. The van der Waals surface area contributed by atoms with Crippen molar-refractivity contribution in [3.05, 3.63) is 65.6 Å². The first kappa shape index (κ1) is 15.1. The van der Waals surface area contributed by atoms with Crippen LogP contribution in [0.15, 0.2) is 42.6 Å². The van der Waals surface area contributed by atoms with Gasteiger partial charge in [-0.05, 0) is 42.8 Å². The molecule has 0 unspecified atom stereocenters. The van der Waals surface area contributed by atoms with E-state index in [1.807, 2.05) is 6.92 Å². The highest BCUT2D eigenvalue weighted by Gasteiger charge is 2.19. The number of aryl methyl sites for hydroxylation is 1. The largest absolute Gasteiger partial charge is 0.321 e. The van der Waals surface area contributed by atoms with Crippen molar-refractivity contribution in [2.45, 2.75) is 19.8 Å². The van der Waals surface area contributed by atoms with Crippen LogP contribution < -0.4 is 5.32 Å². The highest BCUT2D eigenvalue weighted by Crippen LogP contribution is 2.18. The normalized spacial score (nSPS) is 10.9. The summed E-state index contributed by atoms with van der Waals surface area (Å²) >= 11 is 0. The number of nitrogens with one attached hydrogen (secondary N) is 1. The number of pyridine rings is 1. The molecule has 6 heteroatoms. The van der Waals surface area contributed by atoms with Gasteiger partial charge in [-0.3, -0.25) is 9.20 Å². The Morgan fingerprint density at radius 3 is 2.52 bits per heavy atom. The van der Waals surface area contributed by atoms with Crippen LogP contribution >= 0.6 is 0 Å². The minimum Gasteiger partial charge on any atom is -0.321 e. The number of rotatable bonds is 4. The molecule has 0 aliphatic carbocycles. The Bertz CT molecular complexity index is 856. The summed E-state index contributed by atoms with van der Waals surface area (Å²) in [5.41, 5.74) is 1.88. The molecule has 1 aromatic carbocycles. The van der Waals surface area contributed by atoms with Crippen LogP contribution in [0, 0.1) is 11.6 Å². The van der Waals surface area contributed by atoms with E-state index in [9.17, 15) is 13.6 Å². The molecule has 2 heterocycles. The van der Waals surface area contributed by atoms with Gasteiger partial charge in [-0.2, -0.15) is 0 Å². The molecule has 0 saturated carbocycles. The van der Waals surface area contributed by atoms with Crippen molar-refractivity contribution in [1.82, 2.24) is 9.38 Å². The summed E-state index contributed by atoms with van der Waals surface area (Å²) in [5, 5.41) is 2.69. The van der Waals surface area contributed by atoms with Gasteiger partial charge in [-0.25, -0.2) is 13.8 Å². The lowest BCUT2D eigenvalue weighted by Crippen LogP contribution is -2.16. The van der Waals surface area contributed by atoms with E-state index in [-0.39, 0.29) is 5.82 Å². The molecule has 1 N–H and O–H groups in total. The van der Waals surface area contributed by atoms with Crippen molar-refractivity contribution in [3.8, 4) is 0 Å². The van der Waals surface area contributed by atoms with Gasteiger partial charge in [-0.15, -0.1) is 0 Å². The average Bonchev–Trinajstić information content (AvgIpc) is 2.87. The fourth-order valence-corrected chi connectivity index (χ4v) is 2.44. The van der Waals surface area contributed by atoms with Crippen LogP contribution in [-0.4, -0.2) is 15.3 Å². The van der Waals surface area contributed by atoms with Crippen molar-refractivity contribution >= 4 is 17.2 Å². The highest BCUT2D eigenvalue weighted by atomic mass is 19.1. The number of amides is 1. The maximum atomic E-state index is 13.5. The quantitative estimate of drug-likeness (QED) is 0.795. The van der Waals surface area contributed by atoms with Crippen molar-refractivity contribution in [2.24, 2.45) is 0 Å². The third kappa shape index (κ3) is 3.06. The first-order valence-electron chi connectivity index (χ1n) is 7.32. The van der Waals surface area contributed by atoms with Gasteiger partial charge in [0.05, 0.1) is 5.69 Å². The van der Waals surface area contributed by atoms with Gasteiger partial charge in [0, 0.05) is 11.9 Å². The molecule has 4 nitrogen and oxygen atoms in total. The number of carbonyl (C=O) groups is 1. The second kappa shape index (κ2) is 6.16. The molecule has 0 aliphatic rings. The van der Waals surface area contributed by atoms with Crippen LogP contribution in [0.1, 0.15) is 29.5 Å². The molecule has 0 bridgehead atoms. The molecule has 0 atom stereocenters. The van der Waals surface area contributed by atoms with Crippen molar-refractivity contribution in [3.63, 3.8) is 0 Å². The predicted octanol–water partition coefficient (Wildman–Crippen LogP) is 3.82. The molecule has 118 valence electrons.